The molecular weight excluding hydrogens is 700 g/mol. The third-order valence-electron chi connectivity index (χ3n) is 9.07. The van der Waals surface area contributed by atoms with Crippen molar-refractivity contribution in [1.82, 2.24) is 30.0 Å². The average molecular weight is 735 g/mol. The Morgan fingerprint density at radius 3 is 1.59 bits per heavy atom. The van der Waals surface area contributed by atoms with Crippen LogP contribution in [0.1, 0.15) is 41.4 Å². The Hall–Kier alpha value is -7.18. The second-order valence-electron chi connectivity index (χ2n) is 12.0. The molecule has 0 spiro atoms. The van der Waals surface area contributed by atoms with Crippen LogP contribution < -0.4 is 53.0 Å². The number of nitrogens with zero attached hydrogens (tertiary/aromatic N) is 4. The van der Waals surface area contributed by atoms with Crippen molar-refractivity contribution >= 4 is 45.7 Å². The normalized spacial score (nSPS) is 12.5. The number of imidazole rings is 2. The molecule has 2 aromatic heterocycles. The molecule has 6 aromatic rings. The third-order valence-corrected chi connectivity index (χ3v) is 9.07. The zero-order chi connectivity index (χ0) is 38.3. The molecule has 0 saturated heterocycles. The molecule has 0 saturated carbocycles. The second kappa shape index (κ2) is 14.1. The van der Waals surface area contributed by atoms with Gasteiger partial charge in [0, 0.05) is 24.2 Å². The third kappa shape index (κ3) is 5.90. The SMILES string of the molecule is COc1c(C(N)=O)ccc2c1nc1n2CCn2c(nc3c(OC)c(C(N)=O)ccc32)-c2cc(ccc2C(=O)NN)OCCOc2ccc-1c(C(=O)NN)c2. The summed E-state index contributed by atoms with van der Waals surface area (Å²) in [7, 11) is 2.79. The van der Waals surface area contributed by atoms with E-state index in [1.165, 1.54) is 32.4 Å². The van der Waals surface area contributed by atoms with Gasteiger partial charge in [-0.1, -0.05) is 0 Å². The van der Waals surface area contributed by atoms with Gasteiger partial charge in [-0.05, 0) is 60.7 Å². The van der Waals surface area contributed by atoms with Crippen LogP contribution in [0.4, 0.5) is 0 Å². The first-order valence-electron chi connectivity index (χ1n) is 16.4. The quantitative estimate of drug-likeness (QED) is 0.0810. The van der Waals surface area contributed by atoms with Crippen LogP contribution in [0.25, 0.3) is 44.8 Å². The number of carbonyl (C=O) groups excluding carboxylic acids is 4. The molecule has 18 heteroatoms. The van der Waals surface area contributed by atoms with Gasteiger partial charge >= 0.3 is 0 Å². The van der Waals surface area contributed by atoms with Crippen LogP contribution in [0, 0.1) is 0 Å². The van der Waals surface area contributed by atoms with Crippen molar-refractivity contribution in [3.8, 4) is 45.8 Å². The fourth-order valence-corrected chi connectivity index (χ4v) is 6.67. The fourth-order valence-electron chi connectivity index (χ4n) is 6.67. The predicted molar refractivity (Wildman–Crippen MR) is 195 cm³/mol. The Balaban J connectivity index is 1.55. The largest absolute Gasteiger partial charge is 0.494 e. The Bertz CT molecular complexity index is 2530. The number of hydrogen-bond donors (Lipinski definition) is 6. The number of hydrogen-bond acceptors (Lipinski definition) is 12. The lowest BCUT2D eigenvalue weighted by molar-refractivity contribution is 0.0946. The molecule has 8 rings (SSSR count). The molecule has 10 N–H and O–H groups in total. The maximum atomic E-state index is 13.3. The lowest BCUT2D eigenvalue weighted by atomic mass is 10.1. The first kappa shape index (κ1) is 35.2. The fraction of sp³-hybridized carbons (Fsp3) is 0.167. The highest BCUT2D eigenvalue weighted by atomic mass is 16.5. The van der Waals surface area contributed by atoms with Gasteiger partial charge in [-0.15, -0.1) is 0 Å². The summed E-state index contributed by atoms with van der Waals surface area (Å²) in [4.78, 5) is 61.2. The lowest BCUT2D eigenvalue weighted by Crippen LogP contribution is -2.30. The molecule has 4 aromatic carbocycles. The lowest BCUT2D eigenvalue weighted by Gasteiger charge is -2.16. The van der Waals surface area contributed by atoms with E-state index in [0.29, 0.717) is 50.8 Å². The van der Waals surface area contributed by atoms with Crippen LogP contribution >= 0.6 is 0 Å². The molecule has 4 amide bonds. The van der Waals surface area contributed by atoms with Gasteiger partial charge in [0.1, 0.15) is 47.4 Å². The summed E-state index contributed by atoms with van der Waals surface area (Å²) in [5.41, 5.74) is 18.7. The van der Waals surface area contributed by atoms with E-state index < -0.39 is 23.6 Å². The van der Waals surface area contributed by atoms with Crippen LogP contribution in [0.15, 0.2) is 60.7 Å². The molecule has 4 heterocycles. The Morgan fingerprint density at radius 2 is 1.09 bits per heavy atom. The predicted octanol–water partition coefficient (Wildman–Crippen LogP) is 1.61. The molecule has 2 aliphatic heterocycles. The average Bonchev–Trinajstić information content (AvgIpc) is 3.74. The molecule has 0 radical (unpaired) electrons. The number of methoxy groups -OCH3 is 2. The number of hydrazine groups is 2. The number of nitrogens with one attached hydrogen (secondary N) is 2. The van der Waals surface area contributed by atoms with Gasteiger partial charge < -0.3 is 39.5 Å². The summed E-state index contributed by atoms with van der Waals surface area (Å²) in [6, 6.07) is 16.1. The number of nitrogens with two attached hydrogens (primary N) is 4. The zero-order valence-corrected chi connectivity index (χ0v) is 29.0. The molecule has 54 heavy (non-hydrogen) atoms. The number of carbonyl (C=O) groups is 4. The monoisotopic (exact) mass is 734 g/mol. The number of ether oxygens (including phenoxy) is 4. The molecule has 0 unspecified atom stereocenters. The van der Waals surface area contributed by atoms with Crippen LogP contribution in [0.2, 0.25) is 0 Å². The van der Waals surface area contributed by atoms with Crippen molar-refractivity contribution in [3.63, 3.8) is 0 Å². The highest BCUT2D eigenvalue weighted by Crippen LogP contribution is 2.38. The van der Waals surface area contributed by atoms with E-state index in [1.54, 1.807) is 42.5 Å². The van der Waals surface area contributed by atoms with Crippen LogP contribution in [-0.4, -0.2) is 70.2 Å². The van der Waals surface area contributed by atoms with E-state index >= 15 is 0 Å². The van der Waals surface area contributed by atoms with Gasteiger partial charge in [0.2, 0.25) is 0 Å². The van der Waals surface area contributed by atoms with Crippen molar-refractivity contribution in [2.24, 2.45) is 23.2 Å². The van der Waals surface area contributed by atoms with Crippen LogP contribution in [0.5, 0.6) is 23.0 Å². The van der Waals surface area contributed by atoms with Gasteiger partial charge in [0.15, 0.2) is 11.5 Å². The Morgan fingerprint density at radius 1 is 0.630 bits per heavy atom. The van der Waals surface area contributed by atoms with E-state index in [4.69, 9.17) is 52.1 Å². The number of nitrogen functional groups attached to an aromatic ring is 2. The maximum absolute atomic E-state index is 13.3. The molecule has 2 aliphatic rings. The summed E-state index contributed by atoms with van der Waals surface area (Å²) in [5, 5.41) is 0. The number of rotatable bonds is 6. The number of benzene rings is 4. The molecular formula is C36H34N10O8. The van der Waals surface area contributed by atoms with Crippen molar-refractivity contribution in [2.75, 3.05) is 27.4 Å². The van der Waals surface area contributed by atoms with E-state index in [2.05, 4.69) is 10.9 Å². The number of fused-ring (bicyclic) bond motifs is 8. The molecule has 18 nitrogen and oxygen atoms in total. The number of aromatic nitrogens is 4. The van der Waals surface area contributed by atoms with Gasteiger partial charge in [-0.25, -0.2) is 21.7 Å². The Kier molecular flexibility index (Phi) is 9.19. The topological polar surface area (TPSA) is 269 Å². The standard InChI is InChI=1S/C36H34N10O8/c1-51-29-21(31(37)47)7-9-25-27(29)41-33-19-5-3-18(16-24(19)36(50)44-40)54-14-13-53-17-4-6-20(35(49)43-39)23(15-17)34-42-28-26(46(34)12-11-45(25)33)10-8-22(32(38)48)30(28)52-2/h3-10,15-16H,11-14,39-40H2,1-2H3,(H2,37,47)(H2,38,48)(H,43,49)(H,44,50). The highest BCUT2D eigenvalue weighted by molar-refractivity contribution is 6.05. The zero-order valence-electron chi connectivity index (χ0n) is 29.0. The van der Waals surface area contributed by atoms with Crippen molar-refractivity contribution in [1.29, 1.82) is 0 Å². The first-order chi connectivity index (χ1) is 26.1. The molecule has 0 fully saturated rings. The molecule has 4 bridgehead atoms. The number of amides is 4. The maximum Gasteiger partial charge on any atom is 0.266 e. The Labute approximate surface area is 305 Å². The minimum Gasteiger partial charge on any atom is -0.494 e. The van der Waals surface area contributed by atoms with Crippen LogP contribution in [-0.2, 0) is 13.1 Å². The van der Waals surface area contributed by atoms with E-state index in [1.807, 2.05) is 9.13 Å². The van der Waals surface area contributed by atoms with E-state index in [9.17, 15) is 19.2 Å². The molecule has 276 valence electrons. The summed E-state index contributed by atoms with van der Waals surface area (Å²) in [5.74, 6) is 10.2. The van der Waals surface area contributed by atoms with Crippen molar-refractivity contribution < 1.29 is 38.1 Å². The minimum atomic E-state index is -0.728. The van der Waals surface area contributed by atoms with Crippen molar-refractivity contribution in [2.45, 2.75) is 13.1 Å². The van der Waals surface area contributed by atoms with Gasteiger partial charge in [-0.3, -0.25) is 30.0 Å². The van der Waals surface area contributed by atoms with Gasteiger partial charge in [0.25, 0.3) is 23.6 Å². The second-order valence-corrected chi connectivity index (χ2v) is 12.0. The summed E-state index contributed by atoms with van der Waals surface area (Å²) < 4.78 is 27.0. The van der Waals surface area contributed by atoms with E-state index in [0.717, 1.165) is 0 Å². The molecule has 0 atom stereocenters. The smallest absolute Gasteiger partial charge is 0.266 e. The highest BCUT2D eigenvalue weighted by Gasteiger charge is 2.27. The minimum absolute atomic E-state index is 0.0701. The van der Waals surface area contributed by atoms with Crippen LogP contribution in [0.3, 0.4) is 0 Å². The first-order valence-corrected chi connectivity index (χ1v) is 16.4. The van der Waals surface area contributed by atoms with Gasteiger partial charge in [-0.2, -0.15) is 0 Å². The summed E-state index contributed by atoms with van der Waals surface area (Å²) in [6.45, 7) is 0.448. The molecule has 0 aliphatic carbocycles. The summed E-state index contributed by atoms with van der Waals surface area (Å²) >= 11 is 0. The number of primary amides is 2. The van der Waals surface area contributed by atoms with Crippen molar-refractivity contribution in [3.05, 3.63) is 82.9 Å². The summed E-state index contributed by atoms with van der Waals surface area (Å²) in [6.07, 6.45) is 0. The number of aryl methyl sites for hydroxylation is 2. The van der Waals surface area contributed by atoms with E-state index in [-0.39, 0.29) is 65.6 Å². The van der Waals surface area contributed by atoms with Gasteiger partial charge in [0.05, 0.1) is 47.5 Å².